The van der Waals surface area contributed by atoms with Crippen LogP contribution in [0.5, 0.6) is 5.75 Å². The van der Waals surface area contributed by atoms with Gasteiger partial charge in [-0.05, 0) is 55.2 Å². The lowest BCUT2D eigenvalue weighted by Gasteiger charge is -2.25. The molecule has 0 bridgehead atoms. The van der Waals surface area contributed by atoms with Gasteiger partial charge in [-0.1, -0.05) is 35.9 Å². The molecule has 2 rings (SSSR count). The molecule has 0 aliphatic rings. The Morgan fingerprint density at radius 3 is 1.85 bits per heavy atom. The minimum atomic E-state index is -0.289. The van der Waals surface area contributed by atoms with Crippen LogP contribution >= 0.6 is 11.6 Å². The van der Waals surface area contributed by atoms with Crippen LogP contribution in [0.4, 0.5) is 0 Å². The molecule has 106 valence electrons. The maximum Gasteiger partial charge on any atom is 0.118 e. The molecule has 1 unspecified atom stereocenters. The number of hydrogen-bond donors (Lipinski definition) is 1. The first-order valence-electron chi connectivity index (χ1n) is 6.65. The first-order chi connectivity index (χ1) is 9.48. The van der Waals surface area contributed by atoms with E-state index in [9.17, 15) is 0 Å². The van der Waals surface area contributed by atoms with Crippen LogP contribution in [-0.4, -0.2) is 12.6 Å². The van der Waals surface area contributed by atoms with Gasteiger partial charge >= 0.3 is 0 Å². The number of nitrogens with two attached hydrogens (primary N) is 1. The average molecular weight is 290 g/mol. The number of benzene rings is 2. The van der Waals surface area contributed by atoms with Crippen molar-refractivity contribution in [3.8, 4) is 5.75 Å². The van der Waals surface area contributed by atoms with Crippen molar-refractivity contribution in [3.05, 3.63) is 64.7 Å². The van der Waals surface area contributed by atoms with E-state index in [4.69, 9.17) is 22.1 Å². The highest BCUT2D eigenvalue weighted by molar-refractivity contribution is 6.30. The van der Waals surface area contributed by atoms with Gasteiger partial charge in [0, 0.05) is 10.6 Å². The molecule has 0 saturated carbocycles. The van der Waals surface area contributed by atoms with Gasteiger partial charge in [0.1, 0.15) is 5.75 Å². The van der Waals surface area contributed by atoms with E-state index >= 15 is 0 Å². The smallest absolute Gasteiger partial charge is 0.118 e. The Labute approximate surface area is 125 Å². The summed E-state index contributed by atoms with van der Waals surface area (Å²) in [6, 6.07) is 15.9. The summed E-state index contributed by atoms with van der Waals surface area (Å²) in [6.07, 6.45) is 1.63. The minimum absolute atomic E-state index is 0.289. The summed E-state index contributed by atoms with van der Waals surface area (Å²) in [5.41, 5.74) is 8.55. The molecule has 20 heavy (non-hydrogen) atoms. The summed E-state index contributed by atoms with van der Waals surface area (Å²) in [6.45, 7) is 2.08. The van der Waals surface area contributed by atoms with Crippen LogP contribution in [0.1, 0.15) is 18.1 Å². The molecule has 1 atom stereocenters. The Hall–Kier alpha value is -1.51. The Balaban J connectivity index is 2.03. The highest BCUT2D eigenvalue weighted by Crippen LogP contribution is 2.20. The number of ether oxygens (including phenoxy) is 1. The summed E-state index contributed by atoms with van der Waals surface area (Å²) in [5.74, 6) is 0.866. The molecule has 0 heterocycles. The topological polar surface area (TPSA) is 35.2 Å². The zero-order valence-electron chi connectivity index (χ0n) is 11.9. The predicted octanol–water partition coefficient (Wildman–Crippen LogP) is 3.85. The quantitative estimate of drug-likeness (QED) is 0.907. The van der Waals surface area contributed by atoms with Crippen LogP contribution in [0, 0.1) is 0 Å². The van der Waals surface area contributed by atoms with Gasteiger partial charge in [-0.15, -0.1) is 0 Å². The number of rotatable bonds is 5. The van der Waals surface area contributed by atoms with E-state index in [-0.39, 0.29) is 5.54 Å². The molecule has 2 aromatic carbocycles. The highest BCUT2D eigenvalue weighted by Gasteiger charge is 2.19. The lowest BCUT2D eigenvalue weighted by atomic mass is 9.87. The average Bonchev–Trinajstić information content (AvgIpc) is 2.41. The fraction of sp³-hybridized carbons (Fsp3) is 0.294. The van der Waals surface area contributed by atoms with Crippen LogP contribution in [0.2, 0.25) is 5.02 Å². The molecule has 0 aliphatic carbocycles. The monoisotopic (exact) mass is 289 g/mol. The van der Waals surface area contributed by atoms with E-state index in [0.717, 1.165) is 23.6 Å². The first kappa shape index (κ1) is 14.9. The lowest BCUT2D eigenvalue weighted by molar-refractivity contribution is 0.414. The van der Waals surface area contributed by atoms with Crippen molar-refractivity contribution in [2.45, 2.75) is 25.3 Å². The van der Waals surface area contributed by atoms with Gasteiger partial charge in [0.05, 0.1) is 7.11 Å². The number of halogens is 1. The minimum Gasteiger partial charge on any atom is -0.497 e. The second-order valence-electron chi connectivity index (χ2n) is 5.48. The summed E-state index contributed by atoms with van der Waals surface area (Å²) in [4.78, 5) is 0. The fourth-order valence-corrected chi connectivity index (χ4v) is 2.47. The van der Waals surface area contributed by atoms with Gasteiger partial charge < -0.3 is 10.5 Å². The maximum atomic E-state index is 6.43. The maximum absolute atomic E-state index is 6.43. The van der Waals surface area contributed by atoms with Crippen molar-refractivity contribution < 1.29 is 4.74 Å². The third-order valence-corrected chi connectivity index (χ3v) is 3.54. The van der Waals surface area contributed by atoms with Crippen LogP contribution < -0.4 is 10.5 Å². The van der Waals surface area contributed by atoms with E-state index in [1.165, 1.54) is 11.1 Å². The zero-order valence-corrected chi connectivity index (χ0v) is 12.7. The summed E-state index contributed by atoms with van der Waals surface area (Å²) < 4.78 is 5.16. The Kier molecular flexibility index (Phi) is 4.69. The summed E-state index contributed by atoms with van der Waals surface area (Å²) in [7, 11) is 1.67. The van der Waals surface area contributed by atoms with Crippen LogP contribution in [0.15, 0.2) is 48.5 Å². The molecule has 0 saturated heterocycles. The third-order valence-electron chi connectivity index (χ3n) is 3.29. The Bertz CT molecular complexity index is 546. The van der Waals surface area contributed by atoms with Crippen molar-refractivity contribution in [3.63, 3.8) is 0 Å². The first-order valence-corrected chi connectivity index (χ1v) is 7.02. The largest absolute Gasteiger partial charge is 0.497 e. The normalized spacial score (nSPS) is 13.8. The molecule has 0 aromatic heterocycles. The van der Waals surface area contributed by atoms with E-state index < -0.39 is 0 Å². The molecule has 0 aliphatic heterocycles. The Morgan fingerprint density at radius 1 is 0.950 bits per heavy atom. The second-order valence-corrected chi connectivity index (χ2v) is 5.92. The third kappa shape index (κ3) is 4.26. The van der Waals surface area contributed by atoms with Gasteiger partial charge in [-0.25, -0.2) is 0 Å². The van der Waals surface area contributed by atoms with Crippen LogP contribution in [0.3, 0.4) is 0 Å². The van der Waals surface area contributed by atoms with Crippen LogP contribution in [0.25, 0.3) is 0 Å². The molecule has 0 radical (unpaired) electrons. The van der Waals surface area contributed by atoms with Gasteiger partial charge in [0.25, 0.3) is 0 Å². The lowest BCUT2D eigenvalue weighted by Crippen LogP contribution is -2.40. The van der Waals surface area contributed by atoms with Crippen LogP contribution in [-0.2, 0) is 12.8 Å². The van der Waals surface area contributed by atoms with E-state index in [1.54, 1.807) is 7.11 Å². The van der Waals surface area contributed by atoms with Crippen molar-refractivity contribution in [2.24, 2.45) is 5.73 Å². The van der Waals surface area contributed by atoms with Gasteiger partial charge in [0.2, 0.25) is 0 Å². The van der Waals surface area contributed by atoms with Gasteiger partial charge in [0.15, 0.2) is 0 Å². The standard InChI is InChI=1S/C17H20ClNO/c1-17(19,11-13-3-7-15(18)8-4-13)12-14-5-9-16(20-2)10-6-14/h3-10H,11-12,19H2,1-2H3. The van der Waals surface area contributed by atoms with Gasteiger partial charge in [-0.2, -0.15) is 0 Å². The molecule has 2 aromatic rings. The van der Waals surface area contributed by atoms with Crippen molar-refractivity contribution in [1.29, 1.82) is 0 Å². The van der Waals surface area contributed by atoms with E-state index in [1.807, 2.05) is 36.4 Å². The summed E-state index contributed by atoms with van der Waals surface area (Å²) >= 11 is 5.90. The molecule has 0 fully saturated rings. The van der Waals surface area contributed by atoms with Crippen molar-refractivity contribution in [2.75, 3.05) is 7.11 Å². The second kappa shape index (κ2) is 6.29. The van der Waals surface area contributed by atoms with Crippen molar-refractivity contribution in [1.82, 2.24) is 0 Å². The Morgan fingerprint density at radius 2 is 1.40 bits per heavy atom. The number of hydrogen-bond acceptors (Lipinski definition) is 2. The summed E-state index contributed by atoms with van der Waals surface area (Å²) in [5, 5.41) is 0.752. The number of methoxy groups -OCH3 is 1. The van der Waals surface area contributed by atoms with Gasteiger partial charge in [-0.3, -0.25) is 0 Å². The van der Waals surface area contributed by atoms with E-state index in [0.29, 0.717) is 0 Å². The zero-order chi connectivity index (χ0) is 14.6. The highest BCUT2D eigenvalue weighted by atomic mass is 35.5. The molecular weight excluding hydrogens is 270 g/mol. The molecule has 0 spiro atoms. The molecule has 0 amide bonds. The van der Waals surface area contributed by atoms with E-state index in [2.05, 4.69) is 19.1 Å². The molecular formula is C17H20ClNO. The molecule has 2 nitrogen and oxygen atoms in total. The predicted molar refractivity (Wildman–Crippen MR) is 84.4 cm³/mol. The van der Waals surface area contributed by atoms with Crippen molar-refractivity contribution >= 4 is 11.6 Å². The fourth-order valence-electron chi connectivity index (χ4n) is 2.34. The molecule has 3 heteroatoms. The SMILES string of the molecule is COc1ccc(CC(C)(N)Cc2ccc(Cl)cc2)cc1. The molecule has 2 N–H and O–H groups in total.